The van der Waals surface area contributed by atoms with E-state index in [0.717, 1.165) is 72.1 Å². The first-order valence-electron chi connectivity index (χ1n) is 22.1. The van der Waals surface area contributed by atoms with Crippen molar-refractivity contribution in [2.75, 3.05) is 0 Å². The van der Waals surface area contributed by atoms with Gasteiger partial charge in [-0.05, 0) is 119 Å². The first-order chi connectivity index (χ1) is 31.5. The van der Waals surface area contributed by atoms with Crippen LogP contribution in [0.25, 0.3) is 122 Å². The van der Waals surface area contributed by atoms with Crippen molar-refractivity contribution < 1.29 is 4.42 Å². The number of benzene rings is 10. The average molecular weight is 817 g/mol. The van der Waals surface area contributed by atoms with Gasteiger partial charge in [-0.1, -0.05) is 178 Å². The van der Waals surface area contributed by atoms with E-state index in [1.54, 1.807) is 0 Å². The number of aromatic nitrogens is 2. The molecule has 0 amide bonds. The van der Waals surface area contributed by atoms with Crippen LogP contribution in [0.15, 0.2) is 211 Å². The summed E-state index contributed by atoms with van der Waals surface area (Å²) in [7, 11) is 0. The van der Waals surface area contributed by atoms with Crippen LogP contribution in [-0.4, -0.2) is 9.97 Å². The summed E-state index contributed by atoms with van der Waals surface area (Å²) in [6.45, 7) is 4.70. The molecule has 0 unspecified atom stereocenters. The van der Waals surface area contributed by atoms with Gasteiger partial charge in [0.15, 0.2) is 5.82 Å². The molecule has 1 aliphatic rings. The lowest BCUT2D eigenvalue weighted by Gasteiger charge is -2.22. The van der Waals surface area contributed by atoms with Gasteiger partial charge in [0, 0.05) is 32.9 Å². The first-order valence-corrected chi connectivity index (χ1v) is 22.1. The van der Waals surface area contributed by atoms with E-state index in [2.05, 4.69) is 214 Å². The van der Waals surface area contributed by atoms with Crippen molar-refractivity contribution in [3.05, 3.63) is 217 Å². The van der Waals surface area contributed by atoms with Crippen LogP contribution in [0.1, 0.15) is 25.0 Å². The van der Waals surface area contributed by atoms with E-state index < -0.39 is 0 Å². The zero-order valence-corrected chi connectivity index (χ0v) is 35.4. The van der Waals surface area contributed by atoms with Gasteiger partial charge in [0.1, 0.15) is 11.2 Å². The lowest BCUT2D eigenvalue weighted by molar-refractivity contribution is 0.661. The number of nitrogens with zero attached hydrogens (tertiary/aromatic N) is 2. The van der Waals surface area contributed by atoms with Gasteiger partial charge >= 0.3 is 0 Å². The molecule has 13 rings (SSSR count). The van der Waals surface area contributed by atoms with Gasteiger partial charge < -0.3 is 4.42 Å². The summed E-state index contributed by atoms with van der Waals surface area (Å²) in [4.78, 5) is 10.7. The fourth-order valence-electron chi connectivity index (χ4n) is 10.5. The Morgan fingerprint density at radius 1 is 0.359 bits per heavy atom. The minimum absolute atomic E-state index is 0.165. The molecule has 0 atom stereocenters. The smallest absolute Gasteiger partial charge is 0.160 e. The predicted octanol–water partition coefficient (Wildman–Crippen LogP) is 16.5. The molecule has 0 spiro atoms. The standard InChI is InChI=1S/C61H40N2O/c1-61(2)52-25-13-24-49(58(52)50-33-40-17-6-7-18-41(40)35-53(50)61)55-36-54(62-60(63-55)38-15-4-3-5-16-38)48-29-28-44(46-22-10-11-23-47(46)48)43-20-12-19-39(32-43)42-27-30-56-51(34-42)59-45-21-9-8-14-37(45)26-31-57(59)64-56/h3-36H,1-2H3. The van der Waals surface area contributed by atoms with E-state index in [1.807, 2.05) is 6.07 Å². The summed E-state index contributed by atoms with van der Waals surface area (Å²) >= 11 is 0. The van der Waals surface area contributed by atoms with Crippen LogP contribution in [0, 0.1) is 0 Å². The Morgan fingerprint density at radius 3 is 1.81 bits per heavy atom. The Hall–Kier alpha value is -8.14. The molecule has 0 bridgehead atoms. The monoisotopic (exact) mass is 816 g/mol. The van der Waals surface area contributed by atoms with Crippen molar-refractivity contribution in [3.8, 4) is 67.3 Å². The molecular weight excluding hydrogens is 777 g/mol. The molecule has 10 aromatic carbocycles. The molecule has 2 aromatic heterocycles. The van der Waals surface area contributed by atoms with Crippen LogP contribution < -0.4 is 0 Å². The van der Waals surface area contributed by atoms with E-state index in [1.165, 1.54) is 54.7 Å². The average Bonchev–Trinajstić information content (AvgIpc) is 3.84. The highest BCUT2D eigenvalue weighted by Gasteiger charge is 2.37. The van der Waals surface area contributed by atoms with Crippen LogP contribution in [-0.2, 0) is 5.41 Å². The lowest BCUT2D eigenvalue weighted by atomic mass is 9.81. The second-order valence-electron chi connectivity index (χ2n) is 17.7. The van der Waals surface area contributed by atoms with Crippen molar-refractivity contribution in [3.63, 3.8) is 0 Å². The van der Waals surface area contributed by atoms with Gasteiger partial charge in [0.2, 0.25) is 0 Å². The molecule has 64 heavy (non-hydrogen) atoms. The fraction of sp³-hybridized carbons (Fsp3) is 0.0492. The molecule has 3 heteroatoms. The van der Waals surface area contributed by atoms with Gasteiger partial charge in [0.25, 0.3) is 0 Å². The van der Waals surface area contributed by atoms with Crippen molar-refractivity contribution in [2.45, 2.75) is 19.3 Å². The molecule has 0 saturated carbocycles. The van der Waals surface area contributed by atoms with Crippen molar-refractivity contribution in [2.24, 2.45) is 0 Å². The highest BCUT2D eigenvalue weighted by molar-refractivity contribution is 6.19. The molecule has 0 radical (unpaired) electrons. The maximum Gasteiger partial charge on any atom is 0.160 e. The quantitative estimate of drug-likeness (QED) is 0.174. The van der Waals surface area contributed by atoms with Gasteiger partial charge in [0.05, 0.1) is 11.4 Å². The van der Waals surface area contributed by atoms with E-state index >= 15 is 0 Å². The molecule has 1 aliphatic carbocycles. The largest absolute Gasteiger partial charge is 0.456 e. The van der Waals surface area contributed by atoms with Crippen LogP contribution in [0.3, 0.4) is 0 Å². The summed E-state index contributed by atoms with van der Waals surface area (Å²) in [5, 5.41) is 9.53. The Bertz CT molecular complexity index is 3880. The minimum Gasteiger partial charge on any atom is -0.456 e. The number of hydrogen-bond donors (Lipinski definition) is 0. The second kappa shape index (κ2) is 13.9. The highest BCUT2D eigenvalue weighted by atomic mass is 16.3. The third-order valence-electron chi connectivity index (χ3n) is 13.7. The van der Waals surface area contributed by atoms with Crippen molar-refractivity contribution in [1.29, 1.82) is 0 Å². The third kappa shape index (κ3) is 5.60. The molecule has 300 valence electrons. The summed E-state index contributed by atoms with van der Waals surface area (Å²) in [6, 6.07) is 74.3. The summed E-state index contributed by atoms with van der Waals surface area (Å²) in [5.41, 5.74) is 16.5. The molecule has 2 heterocycles. The van der Waals surface area contributed by atoms with E-state index in [-0.39, 0.29) is 5.41 Å². The van der Waals surface area contributed by atoms with Crippen LogP contribution >= 0.6 is 0 Å². The van der Waals surface area contributed by atoms with E-state index in [0.29, 0.717) is 5.82 Å². The van der Waals surface area contributed by atoms with Crippen LogP contribution in [0.4, 0.5) is 0 Å². The molecule has 0 aliphatic heterocycles. The minimum atomic E-state index is -0.165. The molecule has 3 nitrogen and oxygen atoms in total. The predicted molar refractivity (Wildman–Crippen MR) is 267 cm³/mol. The van der Waals surface area contributed by atoms with Crippen molar-refractivity contribution >= 4 is 54.3 Å². The number of fused-ring (bicyclic) bond motifs is 10. The Morgan fingerprint density at radius 2 is 0.984 bits per heavy atom. The SMILES string of the molecule is CC1(C)c2cc3ccccc3cc2-c2c(-c3cc(-c4ccc(-c5cccc(-c6ccc7oc8ccc9ccccc9c8c7c6)c5)c5ccccc45)nc(-c4ccccc4)n3)cccc21. The molecule has 12 aromatic rings. The molecule has 0 N–H and O–H groups in total. The maximum absolute atomic E-state index is 6.35. The number of furan rings is 1. The number of hydrogen-bond acceptors (Lipinski definition) is 3. The van der Waals surface area contributed by atoms with Gasteiger partial charge in [-0.2, -0.15) is 0 Å². The maximum atomic E-state index is 6.35. The first kappa shape index (κ1) is 36.5. The van der Waals surface area contributed by atoms with Crippen LogP contribution in [0.5, 0.6) is 0 Å². The van der Waals surface area contributed by atoms with Crippen LogP contribution in [0.2, 0.25) is 0 Å². The highest BCUT2D eigenvalue weighted by Crippen LogP contribution is 2.53. The lowest BCUT2D eigenvalue weighted by Crippen LogP contribution is -2.14. The zero-order valence-electron chi connectivity index (χ0n) is 35.4. The zero-order chi connectivity index (χ0) is 42.5. The molecule has 0 fully saturated rings. The van der Waals surface area contributed by atoms with Crippen molar-refractivity contribution in [1.82, 2.24) is 9.97 Å². The normalized spacial score (nSPS) is 13.0. The van der Waals surface area contributed by atoms with Gasteiger partial charge in [-0.25, -0.2) is 9.97 Å². The second-order valence-corrected chi connectivity index (χ2v) is 17.7. The Kier molecular flexibility index (Phi) is 7.95. The summed E-state index contributed by atoms with van der Waals surface area (Å²) < 4.78 is 6.35. The molecule has 0 saturated heterocycles. The summed E-state index contributed by atoms with van der Waals surface area (Å²) in [6.07, 6.45) is 0. The summed E-state index contributed by atoms with van der Waals surface area (Å²) in [5.74, 6) is 0.706. The topological polar surface area (TPSA) is 38.9 Å². The van der Waals surface area contributed by atoms with Gasteiger partial charge in [-0.15, -0.1) is 0 Å². The number of rotatable bonds is 5. The fourth-order valence-corrected chi connectivity index (χ4v) is 10.5. The van der Waals surface area contributed by atoms with Gasteiger partial charge in [-0.3, -0.25) is 0 Å². The molecular formula is C61H40N2O. The Balaban J connectivity index is 0.959. The third-order valence-corrected chi connectivity index (χ3v) is 13.7. The van der Waals surface area contributed by atoms with E-state index in [4.69, 9.17) is 14.4 Å². The van der Waals surface area contributed by atoms with E-state index in [9.17, 15) is 0 Å². The Labute approximate surface area is 371 Å².